The summed E-state index contributed by atoms with van der Waals surface area (Å²) in [6.07, 6.45) is 0.166. The first-order valence-corrected chi connectivity index (χ1v) is 8.81. The standard InChI is InChI=1S/C18H15BrClN3O2/c19-11-5-7-12(8-6-11)22-15(24)9-10-21-18(25)17-16(20)13-3-1-2-4-14(13)23-17/h1-8,23H,9-10H2,(H,21,25)(H,22,24). The molecule has 0 aliphatic heterocycles. The molecule has 1 heterocycles. The minimum atomic E-state index is -0.336. The number of carbonyl (C=O) groups is 2. The van der Waals surface area contributed by atoms with Gasteiger partial charge in [0.2, 0.25) is 5.91 Å². The fourth-order valence-corrected chi connectivity index (χ4v) is 2.96. The molecule has 0 radical (unpaired) electrons. The van der Waals surface area contributed by atoms with Gasteiger partial charge in [0.1, 0.15) is 5.69 Å². The van der Waals surface area contributed by atoms with Crippen LogP contribution in [0.3, 0.4) is 0 Å². The second-order valence-corrected chi connectivity index (χ2v) is 6.71. The highest BCUT2D eigenvalue weighted by molar-refractivity contribution is 9.10. The molecule has 5 nitrogen and oxygen atoms in total. The Morgan fingerprint density at radius 1 is 1.08 bits per heavy atom. The van der Waals surface area contributed by atoms with Crippen molar-refractivity contribution in [3.05, 3.63) is 63.7 Å². The van der Waals surface area contributed by atoms with E-state index in [1.807, 2.05) is 36.4 Å². The van der Waals surface area contributed by atoms with Crippen LogP contribution in [0.25, 0.3) is 10.9 Å². The fourth-order valence-electron chi connectivity index (χ4n) is 2.40. The highest BCUT2D eigenvalue weighted by Gasteiger charge is 2.16. The molecule has 0 saturated carbocycles. The SMILES string of the molecule is O=C(CCNC(=O)c1[nH]c2ccccc2c1Cl)Nc1ccc(Br)cc1. The molecule has 0 aliphatic rings. The Kier molecular flexibility index (Phi) is 5.40. The maximum atomic E-state index is 12.2. The average Bonchev–Trinajstić information content (AvgIpc) is 2.94. The van der Waals surface area contributed by atoms with E-state index in [1.165, 1.54) is 0 Å². The molecule has 0 atom stereocenters. The number of halogens is 2. The van der Waals surface area contributed by atoms with E-state index in [4.69, 9.17) is 11.6 Å². The normalized spacial score (nSPS) is 10.6. The number of benzene rings is 2. The Labute approximate surface area is 157 Å². The zero-order valence-corrected chi connectivity index (χ0v) is 15.4. The number of carbonyl (C=O) groups excluding carboxylic acids is 2. The number of anilines is 1. The summed E-state index contributed by atoms with van der Waals surface area (Å²) >= 11 is 9.57. The number of fused-ring (bicyclic) bond motifs is 1. The fraction of sp³-hybridized carbons (Fsp3) is 0.111. The van der Waals surface area contributed by atoms with Gasteiger partial charge >= 0.3 is 0 Å². The van der Waals surface area contributed by atoms with Crippen LogP contribution >= 0.6 is 27.5 Å². The highest BCUT2D eigenvalue weighted by Crippen LogP contribution is 2.26. The number of amides is 2. The zero-order valence-electron chi connectivity index (χ0n) is 13.1. The molecule has 128 valence electrons. The van der Waals surface area contributed by atoms with Crippen molar-refractivity contribution in [2.45, 2.75) is 6.42 Å². The maximum Gasteiger partial charge on any atom is 0.269 e. The Balaban J connectivity index is 1.54. The van der Waals surface area contributed by atoms with Gasteiger partial charge in [-0.2, -0.15) is 0 Å². The highest BCUT2D eigenvalue weighted by atomic mass is 79.9. The van der Waals surface area contributed by atoms with E-state index in [2.05, 4.69) is 31.5 Å². The van der Waals surface area contributed by atoms with Crippen molar-refractivity contribution < 1.29 is 9.59 Å². The van der Waals surface area contributed by atoms with Gasteiger partial charge < -0.3 is 15.6 Å². The van der Waals surface area contributed by atoms with E-state index in [0.717, 1.165) is 15.4 Å². The summed E-state index contributed by atoms with van der Waals surface area (Å²) in [4.78, 5) is 27.2. The van der Waals surface area contributed by atoms with Crippen LogP contribution in [0.4, 0.5) is 5.69 Å². The first-order valence-electron chi connectivity index (χ1n) is 7.64. The maximum absolute atomic E-state index is 12.2. The Bertz CT molecular complexity index is 922. The summed E-state index contributed by atoms with van der Waals surface area (Å²) in [5.74, 6) is -0.511. The molecule has 7 heteroatoms. The predicted octanol–water partition coefficient (Wildman–Crippen LogP) is 4.34. The minimum Gasteiger partial charge on any atom is -0.350 e. The van der Waals surface area contributed by atoms with Gasteiger partial charge in [0, 0.05) is 34.0 Å². The number of rotatable bonds is 5. The third kappa shape index (κ3) is 4.21. The topological polar surface area (TPSA) is 74.0 Å². The molecule has 0 spiro atoms. The average molecular weight is 421 g/mol. The Morgan fingerprint density at radius 3 is 2.52 bits per heavy atom. The van der Waals surface area contributed by atoms with Crippen LogP contribution < -0.4 is 10.6 Å². The minimum absolute atomic E-state index is 0.166. The molecule has 0 aliphatic carbocycles. The molecule has 3 rings (SSSR count). The van der Waals surface area contributed by atoms with Crippen LogP contribution in [0.2, 0.25) is 5.02 Å². The number of nitrogens with one attached hydrogen (secondary N) is 3. The zero-order chi connectivity index (χ0) is 17.8. The molecule has 25 heavy (non-hydrogen) atoms. The summed E-state index contributed by atoms with van der Waals surface area (Å²) in [5.41, 5.74) is 1.81. The lowest BCUT2D eigenvalue weighted by Gasteiger charge is -2.06. The van der Waals surface area contributed by atoms with Gasteiger partial charge in [-0.3, -0.25) is 9.59 Å². The summed E-state index contributed by atoms with van der Waals surface area (Å²) in [6.45, 7) is 0.215. The largest absolute Gasteiger partial charge is 0.350 e. The van der Waals surface area contributed by atoms with Crippen molar-refractivity contribution in [1.82, 2.24) is 10.3 Å². The van der Waals surface area contributed by atoms with E-state index < -0.39 is 0 Å². The first-order chi connectivity index (χ1) is 12.0. The number of aromatic nitrogens is 1. The van der Waals surface area contributed by atoms with Crippen LogP contribution in [0, 0.1) is 0 Å². The number of para-hydroxylation sites is 1. The first kappa shape index (κ1) is 17.5. The van der Waals surface area contributed by atoms with Gasteiger partial charge in [-0.1, -0.05) is 45.7 Å². The number of hydrogen-bond acceptors (Lipinski definition) is 2. The molecule has 0 bridgehead atoms. The molecule has 0 unspecified atom stereocenters. The van der Waals surface area contributed by atoms with E-state index in [0.29, 0.717) is 16.4 Å². The lowest BCUT2D eigenvalue weighted by Crippen LogP contribution is -2.28. The van der Waals surface area contributed by atoms with E-state index in [1.54, 1.807) is 12.1 Å². The Morgan fingerprint density at radius 2 is 1.80 bits per heavy atom. The van der Waals surface area contributed by atoms with E-state index in [9.17, 15) is 9.59 Å². The third-order valence-corrected chi connectivity index (χ3v) is 4.56. The van der Waals surface area contributed by atoms with Crippen molar-refractivity contribution in [1.29, 1.82) is 0 Å². The van der Waals surface area contributed by atoms with Gasteiger partial charge in [-0.05, 0) is 30.3 Å². The molecular weight excluding hydrogens is 406 g/mol. The van der Waals surface area contributed by atoms with Crippen molar-refractivity contribution in [2.24, 2.45) is 0 Å². The summed E-state index contributed by atoms with van der Waals surface area (Å²) in [6, 6.07) is 14.7. The van der Waals surface area contributed by atoms with Gasteiger partial charge in [0.25, 0.3) is 5.91 Å². The van der Waals surface area contributed by atoms with Crippen molar-refractivity contribution >= 4 is 55.9 Å². The van der Waals surface area contributed by atoms with Crippen molar-refractivity contribution in [3.63, 3.8) is 0 Å². The van der Waals surface area contributed by atoms with Gasteiger partial charge in [-0.15, -0.1) is 0 Å². The Hall–Kier alpha value is -2.31. The third-order valence-electron chi connectivity index (χ3n) is 3.64. The van der Waals surface area contributed by atoms with Crippen LogP contribution in [0.1, 0.15) is 16.9 Å². The number of H-pyrrole nitrogens is 1. The molecular formula is C18H15BrClN3O2. The summed E-state index contributed by atoms with van der Waals surface area (Å²) in [7, 11) is 0. The molecule has 0 saturated heterocycles. The van der Waals surface area contributed by atoms with Crippen LogP contribution in [0.5, 0.6) is 0 Å². The second kappa shape index (κ2) is 7.72. The number of hydrogen-bond donors (Lipinski definition) is 3. The molecule has 2 amide bonds. The summed E-state index contributed by atoms with van der Waals surface area (Å²) < 4.78 is 0.938. The number of aromatic amines is 1. The van der Waals surface area contributed by atoms with Crippen LogP contribution in [-0.2, 0) is 4.79 Å². The lowest BCUT2D eigenvalue weighted by atomic mass is 10.2. The quantitative estimate of drug-likeness (QED) is 0.574. The van der Waals surface area contributed by atoms with Gasteiger partial charge in [0.05, 0.1) is 5.02 Å². The van der Waals surface area contributed by atoms with E-state index >= 15 is 0 Å². The predicted molar refractivity (Wildman–Crippen MR) is 103 cm³/mol. The van der Waals surface area contributed by atoms with Crippen molar-refractivity contribution in [3.8, 4) is 0 Å². The second-order valence-electron chi connectivity index (χ2n) is 5.42. The van der Waals surface area contributed by atoms with Crippen LogP contribution in [0.15, 0.2) is 53.0 Å². The molecule has 2 aromatic carbocycles. The summed E-state index contributed by atoms with van der Waals surface area (Å²) in [5, 5.41) is 6.65. The molecule has 0 fully saturated rings. The van der Waals surface area contributed by atoms with Crippen LogP contribution in [-0.4, -0.2) is 23.3 Å². The molecule has 3 aromatic rings. The van der Waals surface area contributed by atoms with Crippen molar-refractivity contribution in [2.75, 3.05) is 11.9 Å². The van der Waals surface area contributed by atoms with E-state index in [-0.39, 0.29) is 24.8 Å². The van der Waals surface area contributed by atoms with Gasteiger partial charge in [0.15, 0.2) is 0 Å². The molecule has 3 N–H and O–H groups in total. The monoisotopic (exact) mass is 419 g/mol. The van der Waals surface area contributed by atoms with Gasteiger partial charge in [-0.25, -0.2) is 0 Å². The smallest absolute Gasteiger partial charge is 0.269 e. The molecule has 1 aromatic heterocycles. The lowest BCUT2D eigenvalue weighted by molar-refractivity contribution is -0.116.